The van der Waals surface area contributed by atoms with Crippen LogP contribution in [0.4, 0.5) is 19.2 Å². The Bertz CT molecular complexity index is 1440. The highest BCUT2D eigenvalue weighted by Gasteiger charge is 2.32. The predicted molar refractivity (Wildman–Crippen MR) is 111 cm³/mol. The van der Waals surface area contributed by atoms with Gasteiger partial charge in [-0.05, 0) is 31.2 Å². The average molecular weight is 470 g/mol. The van der Waals surface area contributed by atoms with Gasteiger partial charge in [-0.15, -0.1) is 0 Å². The Morgan fingerprint density at radius 2 is 1.88 bits per heavy atom. The second-order valence-corrected chi connectivity index (χ2v) is 7.24. The summed E-state index contributed by atoms with van der Waals surface area (Å²) in [4.78, 5) is 16.8. The van der Waals surface area contributed by atoms with Gasteiger partial charge >= 0.3 is 6.18 Å². The molecule has 0 radical (unpaired) electrons. The van der Waals surface area contributed by atoms with Crippen LogP contribution in [0.3, 0.4) is 0 Å². The van der Waals surface area contributed by atoms with Crippen LogP contribution in [0, 0.1) is 22.7 Å². The summed E-state index contributed by atoms with van der Waals surface area (Å²) in [6.45, 7) is 1.68. The van der Waals surface area contributed by atoms with E-state index in [1.165, 1.54) is 12.4 Å². The zero-order valence-electron chi connectivity index (χ0n) is 16.6. The summed E-state index contributed by atoms with van der Waals surface area (Å²) in [5, 5.41) is 20.9. The Hall–Kier alpha value is -4.22. The molecule has 0 spiro atoms. The van der Waals surface area contributed by atoms with Gasteiger partial charge in [0, 0.05) is 6.20 Å². The number of nitriles is 2. The first-order valence-electron chi connectivity index (χ1n) is 9.27. The maximum absolute atomic E-state index is 13.1. The molecule has 3 heterocycles. The van der Waals surface area contributed by atoms with Crippen LogP contribution in [0.5, 0.6) is 0 Å². The summed E-state index contributed by atoms with van der Waals surface area (Å²) in [7, 11) is 0. The van der Waals surface area contributed by atoms with Gasteiger partial charge < -0.3 is 9.73 Å². The van der Waals surface area contributed by atoms with Crippen LogP contribution in [0.1, 0.15) is 35.5 Å². The van der Waals surface area contributed by atoms with E-state index < -0.39 is 17.8 Å². The maximum atomic E-state index is 13.1. The third kappa shape index (κ3) is 4.40. The van der Waals surface area contributed by atoms with E-state index in [0.717, 1.165) is 12.1 Å². The van der Waals surface area contributed by atoms with Crippen molar-refractivity contribution in [3.63, 3.8) is 0 Å². The van der Waals surface area contributed by atoms with E-state index in [-0.39, 0.29) is 27.8 Å². The van der Waals surface area contributed by atoms with Crippen molar-refractivity contribution >= 4 is 28.7 Å². The van der Waals surface area contributed by atoms with Gasteiger partial charge in [0.25, 0.3) is 6.01 Å². The molecule has 33 heavy (non-hydrogen) atoms. The summed E-state index contributed by atoms with van der Waals surface area (Å²) in [6.07, 6.45) is -1.94. The van der Waals surface area contributed by atoms with E-state index in [4.69, 9.17) is 21.3 Å². The minimum atomic E-state index is -4.59. The molecule has 1 aromatic carbocycles. The number of pyridine rings is 1. The monoisotopic (exact) mass is 469 g/mol. The van der Waals surface area contributed by atoms with Crippen molar-refractivity contribution in [2.45, 2.75) is 19.1 Å². The summed E-state index contributed by atoms with van der Waals surface area (Å²) in [6, 6.07) is 7.88. The number of nitrogens with one attached hydrogen (secondary N) is 1. The van der Waals surface area contributed by atoms with E-state index in [2.05, 4.69) is 25.3 Å². The van der Waals surface area contributed by atoms with Gasteiger partial charge in [0.15, 0.2) is 11.3 Å². The van der Waals surface area contributed by atoms with Gasteiger partial charge in [-0.3, -0.25) is 4.98 Å². The second kappa shape index (κ2) is 8.37. The minimum absolute atomic E-state index is 0.00907. The van der Waals surface area contributed by atoms with Gasteiger partial charge in [-0.1, -0.05) is 11.6 Å². The van der Waals surface area contributed by atoms with Crippen LogP contribution in [-0.4, -0.2) is 19.9 Å². The number of oxazole rings is 1. The first-order valence-corrected chi connectivity index (χ1v) is 9.64. The maximum Gasteiger partial charge on any atom is 0.416 e. The zero-order chi connectivity index (χ0) is 23.8. The van der Waals surface area contributed by atoms with Gasteiger partial charge in [0.05, 0.1) is 39.8 Å². The number of halogens is 4. The molecule has 0 bridgehead atoms. The summed E-state index contributed by atoms with van der Waals surface area (Å²) >= 11 is 5.95. The highest BCUT2D eigenvalue weighted by atomic mass is 35.5. The molecule has 164 valence electrons. The van der Waals surface area contributed by atoms with Gasteiger partial charge in [-0.25, -0.2) is 9.97 Å². The van der Waals surface area contributed by atoms with Crippen LogP contribution >= 0.6 is 11.6 Å². The number of fused-ring (bicyclic) bond motifs is 1. The second-order valence-electron chi connectivity index (χ2n) is 6.83. The van der Waals surface area contributed by atoms with Gasteiger partial charge in [0.1, 0.15) is 23.3 Å². The molecular weight excluding hydrogens is 459 g/mol. The fourth-order valence-electron chi connectivity index (χ4n) is 3.03. The Kier molecular flexibility index (Phi) is 5.58. The third-order valence-electron chi connectivity index (χ3n) is 4.57. The molecule has 0 fully saturated rings. The molecule has 0 aliphatic rings. The first kappa shape index (κ1) is 22.0. The largest absolute Gasteiger partial charge is 0.422 e. The topological polar surface area (TPSA) is 124 Å². The number of rotatable bonds is 4. The molecule has 12 heteroatoms. The van der Waals surface area contributed by atoms with Crippen LogP contribution in [0.25, 0.3) is 22.5 Å². The molecule has 0 saturated heterocycles. The predicted octanol–water partition coefficient (Wildman–Crippen LogP) is 5.27. The summed E-state index contributed by atoms with van der Waals surface area (Å²) < 4.78 is 44.7. The molecule has 4 aromatic rings. The minimum Gasteiger partial charge on any atom is -0.422 e. The molecule has 0 aliphatic heterocycles. The molecule has 0 aliphatic carbocycles. The van der Waals surface area contributed by atoms with E-state index in [0.29, 0.717) is 22.6 Å². The highest BCUT2D eigenvalue weighted by molar-refractivity contribution is 6.34. The number of benzene rings is 1. The Morgan fingerprint density at radius 1 is 1.09 bits per heavy atom. The number of hydrogen-bond donors (Lipinski definition) is 1. The van der Waals surface area contributed by atoms with Crippen molar-refractivity contribution in [1.82, 2.24) is 19.9 Å². The highest BCUT2D eigenvalue weighted by Crippen LogP contribution is 2.36. The number of alkyl halides is 3. The van der Waals surface area contributed by atoms with Crippen LogP contribution in [0.15, 0.2) is 41.1 Å². The van der Waals surface area contributed by atoms with E-state index in [1.807, 2.05) is 12.1 Å². The molecule has 0 saturated carbocycles. The lowest BCUT2D eigenvalue weighted by Gasteiger charge is -2.15. The van der Waals surface area contributed by atoms with Crippen molar-refractivity contribution in [3.8, 4) is 23.5 Å². The molecule has 0 unspecified atom stereocenters. The first-order chi connectivity index (χ1) is 15.7. The smallest absolute Gasteiger partial charge is 0.416 e. The summed E-state index contributed by atoms with van der Waals surface area (Å²) in [5.41, 5.74) is 0.434. The van der Waals surface area contributed by atoms with Crippen molar-refractivity contribution < 1.29 is 17.6 Å². The van der Waals surface area contributed by atoms with E-state index in [1.54, 1.807) is 19.1 Å². The quantitative estimate of drug-likeness (QED) is 0.428. The van der Waals surface area contributed by atoms with Gasteiger partial charge in [-0.2, -0.15) is 28.7 Å². The lowest BCUT2D eigenvalue weighted by atomic mass is 10.1. The molecule has 4 rings (SSSR count). The molecular formula is C21H11ClF3N7O. The molecule has 3 aromatic heterocycles. The molecule has 8 nitrogen and oxygen atoms in total. The number of aromatic nitrogens is 4. The van der Waals surface area contributed by atoms with Crippen molar-refractivity contribution in [3.05, 3.63) is 64.2 Å². The van der Waals surface area contributed by atoms with Crippen molar-refractivity contribution in [2.24, 2.45) is 0 Å². The standard InChI is InChI=1S/C21H11ClF3N7O/c1-10(30-20-32-16-5-12(21(23,24)25)4-14(22)19(16)33-20)17-18(29-9-13(7-27)31-17)15-3-2-11(6-26)8-28-15/h2-5,8-10H,1H3,(H,30,32)/t10-/m0/s1. The molecule has 0 amide bonds. The normalized spacial score (nSPS) is 12.2. The zero-order valence-corrected chi connectivity index (χ0v) is 17.4. The number of hydrogen-bond acceptors (Lipinski definition) is 8. The van der Waals surface area contributed by atoms with Crippen LogP contribution < -0.4 is 5.32 Å². The Morgan fingerprint density at radius 3 is 2.52 bits per heavy atom. The van der Waals surface area contributed by atoms with Gasteiger partial charge in [0.2, 0.25) is 0 Å². The molecule has 1 atom stereocenters. The number of anilines is 1. The summed E-state index contributed by atoms with van der Waals surface area (Å²) in [5.74, 6) is 0. The van der Waals surface area contributed by atoms with Crippen molar-refractivity contribution in [2.75, 3.05) is 5.32 Å². The van der Waals surface area contributed by atoms with E-state index >= 15 is 0 Å². The Balaban J connectivity index is 1.71. The number of nitrogens with zero attached hydrogens (tertiary/aromatic N) is 6. The lowest BCUT2D eigenvalue weighted by molar-refractivity contribution is -0.137. The molecule has 1 N–H and O–H groups in total. The van der Waals surface area contributed by atoms with Crippen LogP contribution in [-0.2, 0) is 6.18 Å². The van der Waals surface area contributed by atoms with Crippen LogP contribution in [0.2, 0.25) is 5.02 Å². The van der Waals surface area contributed by atoms with Crippen molar-refractivity contribution in [1.29, 1.82) is 10.5 Å². The average Bonchev–Trinajstić information content (AvgIpc) is 3.21. The van der Waals surface area contributed by atoms with E-state index in [9.17, 15) is 18.4 Å². The fraction of sp³-hybridized carbons (Fsp3) is 0.143. The SMILES string of the molecule is C[C@H](Nc1nc2cc(C(F)(F)F)cc(Cl)c2o1)c1nc(C#N)cnc1-c1ccc(C#N)cn1. The Labute approximate surface area is 189 Å². The third-order valence-corrected chi connectivity index (χ3v) is 4.85. The lowest BCUT2D eigenvalue weighted by Crippen LogP contribution is -2.12. The fourth-order valence-corrected chi connectivity index (χ4v) is 3.28.